The molecule has 2 rings (SSSR count). The molecule has 0 unspecified atom stereocenters. The Morgan fingerprint density at radius 3 is 2.62 bits per heavy atom. The molecule has 0 aliphatic rings. The molecule has 0 bridgehead atoms. The van der Waals surface area contributed by atoms with E-state index in [1.54, 1.807) is 11.3 Å². The molecule has 0 fully saturated rings. The van der Waals surface area contributed by atoms with E-state index in [0.29, 0.717) is 0 Å². The molecule has 0 radical (unpaired) electrons. The van der Waals surface area contributed by atoms with Gasteiger partial charge in [0.05, 0.1) is 0 Å². The van der Waals surface area contributed by atoms with E-state index in [1.807, 2.05) is 31.2 Å². The molecule has 0 aliphatic heterocycles. The Kier molecular flexibility index (Phi) is 3.54. The van der Waals surface area contributed by atoms with Gasteiger partial charge in [-0.05, 0) is 24.6 Å². The third-order valence-corrected chi connectivity index (χ3v) is 3.22. The highest BCUT2D eigenvalue weighted by atomic mass is 32.1. The summed E-state index contributed by atoms with van der Waals surface area (Å²) in [6.07, 6.45) is 0. The van der Waals surface area contributed by atoms with Crippen molar-refractivity contribution in [2.24, 2.45) is 0 Å². The molecule has 0 aliphatic carbocycles. The summed E-state index contributed by atoms with van der Waals surface area (Å²) < 4.78 is 0. The molecule has 0 amide bonds. The van der Waals surface area contributed by atoms with E-state index in [1.165, 1.54) is 5.56 Å². The first-order valence-electron chi connectivity index (χ1n) is 5.20. The number of hydrogen-bond donors (Lipinski definition) is 2. The second kappa shape index (κ2) is 5.09. The summed E-state index contributed by atoms with van der Waals surface area (Å²) >= 11 is 1.69. The Hall–Kier alpha value is -1.39. The quantitative estimate of drug-likeness (QED) is 0.797. The average Bonchev–Trinajstić information content (AvgIpc) is 2.67. The molecule has 4 heteroatoms. The zero-order valence-corrected chi connectivity index (χ0v) is 10.1. The highest BCUT2D eigenvalue weighted by molar-refractivity contribution is 7.09. The second-order valence-electron chi connectivity index (χ2n) is 3.73. The van der Waals surface area contributed by atoms with Crippen molar-refractivity contribution in [2.75, 3.05) is 5.73 Å². The normalized spacial score (nSPS) is 10.6. The fourth-order valence-corrected chi connectivity index (χ4v) is 2.17. The molecule has 0 saturated heterocycles. The van der Waals surface area contributed by atoms with Gasteiger partial charge in [-0.2, -0.15) is 0 Å². The number of nitrogens with zero attached hydrogens (tertiary/aromatic N) is 1. The Balaban J connectivity index is 1.82. The molecule has 0 saturated carbocycles. The van der Waals surface area contributed by atoms with Crippen molar-refractivity contribution < 1.29 is 0 Å². The third-order valence-electron chi connectivity index (χ3n) is 2.25. The van der Waals surface area contributed by atoms with Crippen LogP contribution in [0.4, 0.5) is 5.69 Å². The van der Waals surface area contributed by atoms with Crippen LogP contribution >= 0.6 is 11.3 Å². The molecule has 16 heavy (non-hydrogen) atoms. The van der Waals surface area contributed by atoms with Crippen LogP contribution in [0.2, 0.25) is 0 Å². The second-order valence-corrected chi connectivity index (χ2v) is 4.67. The topological polar surface area (TPSA) is 50.9 Å². The molecule has 0 atom stereocenters. The lowest BCUT2D eigenvalue weighted by atomic mass is 10.2. The molecular weight excluding hydrogens is 218 g/mol. The fourth-order valence-electron chi connectivity index (χ4n) is 1.43. The lowest BCUT2D eigenvalue weighted by Gasteiger charge is -2.03. The first-order valence-corrected chi connectivity index (χ1v) is 6.08. The summed E-state index contributed by atoms with van der Waals surface area (Å²) in [6.45, 7) is 3.68. The van der Waals surface area contributed by atoms with Gasteiger partial charge in [0, 0.05) is 29.9 Å². The number of rotatable bonds is 4. The van der Waals surface area contributed by atoms with Gasteiger partial charge in [-0.25, -0.2) is 4.98 Å². The lowest BCUT2D eigenvalue weighted by molar-refractivity contribution is 0.689. The van der Waals surface area contributed by atoms with Crippen LogP contribution in [0.15, 0.2) is 29.6 Å². The van der Waals surface area contributed by atoms with Gasteiger partial charge in [0.2, 0.25) is 0 Å². The van der Waals surface area contributed by atoms with E-state index in [2.05, 4.69) is 15.7 Å². The smallest absolute Gasteiger partial charge is 0.107 e. The minimum absolute atomic E-state index is 0.805. The van der Waals surface area contributed by atoms with Crippen molar-refractivity contribution in [3.05, 3.63) is 45.9 Å². The number of aryl methyl sites for hydroxylation is 1. The van der Waals surface area contributed by atoms with Gasteiger partial charge in [0.25, 0.3) is 0 Å². The zero-order valence-electron chi connectivity index (χ0n) is 9.23. The minimum Gasteiger partial charge on any atom is -0.399 e. The summed E-state index contributed by atoms with van der Waals surface area (Å²) in [5.74, 6) is 0. The van der Waals surface area contributed by atoms with Crippen LogP contribution in [0, 0.1) is 6.92 Å². The van der Waals surface area contributed by atoms with Gasteiger partial charge in [-0.1, -0.05) is 12.1 Å². The molecular formula is C12H15N3S. The maximum atomic E-state index is 5.62. The van der Waals surface area contributed by atoms with Gasteiger partial charge >= 0.3 is 0 Å². The van der Waals surface area contributed by atoms with Crippen LogP contribution in [-0.4, -0.2) is 4.98 Å². The summed E-state index contributed by atoms with van der Waals surface area (Å²) in [4.78, 5) is 4.39. The van der Waals surface area contributed by atoms with Crippen molar-refractivity contribution in [1.29, 1.82) is 0 Å². The van der Waals surface area contributed by atoms with Gasteiger partial charge in [-0.3, -0.25) is 0 Å². The number of aromatic nitrogens is 1. The van der Waals surface area contributed by atoms with Crippen LogP contribution in [0.25, 0.3) is 0 Å². The molecule has 3 nitrogen and oxygen atoms in total. The number of nitrogen functional groups attached to an aromatic ring is 1. The first-order chi connectivity index (χ1) is 7.74. The van der Waals surface area contributed by atoms with Gasteiger partial charge in [0.1, 0.15) is 5.01 Å². The monoisotopic (exact) mass is 233 g/mol. The number of thiazole rings is 1. The Labute approximate surface area is 99.3 Å². The van der Waals surface area contributed by atoms with E-state index in [-0.39, 0.29) is 0 Å². The average molecular weight is 233 g/mol. The fraction of sp³-hybridized carbons (Fsp3) is 0.250. The highest BCUT2D eigenvalue weighted by Gasteiger charge is 1.98. The molecule has 1 heterocycles. The maximum Gasteiger partial charge on any atom is 0.107 e. The largest absolute Gasteiger partial charge is 0.399 e. The van der Waals surface area contributed by atoms with Crippen molar-refractivity contribution in [3.8, 4) is 0 Å². The van der Waals surface area contributed by atoms with Crippen molar-refractivity contribution >= 4 is 17.0 Å². The number of anilines is 1. The zero-order chi connectivity index (χ0) is 11.4. The van der Waals surface area contributed by atoms with Gasteiger partial charge < -0.3 is 11.1 Å². The molecule has 3 N–H and O–H groups in total. The summed E-state index contributed by atoms with van der Waals surface area (Å²) in [5.41, 5.74) is 8.76. The lowest BCUT2D eigenvalue weighted by Crippen LogP contribution is -2.12. The van der Waals surface area contributed by atoms with E-state index in [9.17, 15) is 0 Å². The number of nitrogens with one attached hydrogen (secondary N) is 1. The number of hydrogen-bond acceptors (Lipinski definition) is 4. The van der Waals surface area contributed by atoms with Crippen LogP contribution in [-0.2, 0) is 13.1 Å². The van der Waals surface area contributed by atoms with Gasteiger partial charge in [-0.15, -0.1) is 11.3 Å². The van der Waals surface area contributed by atoms with Crippen molar-refractivity contribution in [2.45, 2.75) is 20.0 Å². The standard InChI is InChI=1S/C12H15N3S/c1-9-8-16-12(15-9)7-14-6-10-2-4-11(13)5-3-10/h2-5,8,14H,6-7,13H2,1H3. The van der Waals surface area contributed by atoms with E-state index < -0.39 is 0 Å². The number of nitrogens with two attached hydrogens (primary N) is 1. The number of benzene rings is 1. The summed E-state index contributed by atoms with van der Waals surface area (Å²) in [6, 6.07) is 7.92. The SMILES string of the molecule is Cc1csc(CNCc2ccc(N)cc2)n1. The van der Waals surface area contributed by atoms with Crippen LogP contribution in [0.5, 0.6) is 0 Å². The minimum atomic E-state index is 0.805. The Morgan fingerprint density at radius 2 is 2.00 bits per heavy atom. The van der Waals surface area contributed by atoms with Crippen molar-refractivity contribution in [1.82, 2.24) is 10.3 Å². The summed E-state index contributed by atoms with van der Waals surface area (Å²) in [5, 5.41) is 6.56. The van der Waals surface area contributed by atoms with Crippen LogP contribution < -0.4 is 11.1 Å². The third kappa shape index (κ3) is 3.05. The highest BCUT2D eigenvalue weighted by Crippen LogP contribution is 2.09. The van der Waals surface area contributed by atoms with Crippen LogP contribution in [0.1, 0.15) is 16.3 Å². The Morgan fingerprint density at radius 1 is 1.25 bits per heavy atom. The Bertz CT molecular complexity index is 448. The maximum absolute atomic E-state index is 5.62. The van der Waals surface area contributed by atoms with E-state index in [4.69, 9.17) is 5.73 Å². The molecule has 1 aromatic carbocycles. The predicted molar refractivity (Wildman–Crippen MR) is 68.2 cm³/mol. The molecule has 0 spiro atoms. The predicted octanol–water partition coefficient (Wildman–Crippen LogP) is 2.32. The van der Waals surface area contributed by atoms with E-state index in [0.717, 1.165) is 29.5 Å². The van der Waals surface area contributed by atoms with E-state index >= 15 is 0 Å². The molecule has 1 aromatic heterocycles. The molecule has 2 aromatic rings. The molecule has 84 valence electrons. The van der Waals surface area contributed by atoms with Crippen LogP contribution in [0.3, 0.4) is 0 Å². The van der Waals surface area contributed by atoms with Gasteiger partial charge in [0.15, 0.2) is 0 Å². The van der Waals surface area contributed by atoms with Crippen molar-refractivity contribution in [3.63, 3.8) is 0 Å². The first kappa shape index (κ1) is 11.1. The summed E-state index contributed by atoms with van der Waals surface area (Å²) in [7, 11) is 0.